The van der Waals surface area contributed by atoms with Crippen LogP contribution in [0.4, 0.5) is 5.82 Å². The molecular weight excluding hydrogens is 418 g/mol. The summed E-state index contributed by atoms with van der Waals surface area (Å²) in [5.74, 6) is 0.595. The summed E-state index contributed by atoms with van der Waals surface area (Å²) in [5, 5.41) is 0. The molecule has 1 saturated heterocycles. The maximum atomic E-state index is 13.1. The average molecular weight is 448 g/mol. The number of hydrogen-bond donors (Lipinski definition) is 0. The lowest BCUT2D eigenvalue weighted by molar-refractivity contribution is -0.130. The molecule has 0 saturated carbocycles. The van der Waals surface area contributed by atoms with Gasteiger partial charge in [-0.2, -0.15) is 0 Å². The maximum absolute atomic E-state index is 13.1. The molecule has 0 unspecified atom stereocenters. The van der Waals surface area contributed by atoms with Crippen LogP contribution < -0.4 is 4.90 Å². The molecule has 3 amide bonds. The van der Waals surface area contributed by atoms with Crippen molar-refractivity contribution in [2.75, 3.05) is 38.1 Å². The first-order chi connectivity index (χ1) is 15.8. The minimum atomic E-state index is -0.0875. The largest absolute Gasteiger partial charge is 0.339 e. The lowest BCUT2D eigenvalue weighted by Crippen LogP contribution is -2.50. The van der Waals surface area contributed by atoms with Crippen LogP contribution in [0.2, 0.25) is 0 Å². The predicted octanol–water partition coefficient (Wildman–Crippen LogP) is 2.54. The number of amides is 3. The van der Waals surface area contributed by atoms with Crippen molar-refractivity contribution in [3.05, 3.63) is 65.5 Å². The van der Waals surface area contributed by atoms with E-state index in [4.69, 9.17) is 0 Å². The molecule has 0 radical (unpaired) electrons. The number of rotatable bonds is 5. The van der Waals surface area contributed by atoms with Crippen LogP contribution in [0, 0.1) is 6.92 Å². The molecule has 1 aliphatic rings. The van der Waals surface area contributed by atoms with Crippen LogP contribution in [0.5, 0.6) is 0 Å². The van der Waals surface area contributed by atoms with E-state index in [0.717, 1.165) is 11.3 Å². The zero-order chi connectivity index (χ0) is 23.5. The second kappa shape index (κ2) is 9.44. The van der Waals surface area contributed by atoms with E-state index < -0.39 is 0 Å². The molecule has 0 atom stereocenters. The normalized spacial score (nSPS) is 13.9. The van der Waals surface area contributed by atoms with Crippen molar-refractivity contribution >= 4 is 29.2 Å². The predicted molar refractivity (Wildman–Crippen MR) is 126 cm³/mol. The highest BCUT2D eigenvalue weighted by molar-refractivity contribution is 5.96. The van der Waals surface area contributed by atoms with E-state index in [1.54, 1.807) is 47.0 Å². The van der Waals surface area contributed by atoms with Crippen molar-refractivity contribution < 1.29 is 14.4 Å². The Kier molecular flexibility index (Phi) is 6.44. The molecule has 33 heavy (non-hydrogen) atoms. The van der Waals surface area contributed by atoms with Gasteiger partial charge in [-0.15, -0.1) is 0 Å². The highest BCUT2D eigenvalue weighted by Gasteiger charge is 2.25. The third kappa shape index (κ3) is 4.74. The molecule has 4 rings (SSSR count). The third-order valence-electron chi connectivity index (χ3n) is 6.18. The van der Waals surface area contributed by atoms with Gasteiger partial charge in [0.25, 0.3) is 5.91 Å². The smallest absolute Gasteiger partial charge is 0.255 e. The van der Waals surface area contributed by atoms with Crippen molar-refractivity contribution in [2.24, 2.45) is 0 Å². The Labute approximate surface area is 193 Å². The van der Waals surface area contributed by atoms with E-state index in [-0.39, 0.29) is 17.7 Å². The molecule has 8 nitrogen and oxygen atoms in total. The Morgan fingerprint density at radius 1 is 0.970 bits per heavy atom. The fourth-order valence-corrected chi connectivity index (χ4v) is 4.27. The van der Waals surface area contributed by atoms with Gasteiger partial charge in [0.05, 0.1) is 11.3 Å². The number of hydrogen-bond acceptors (Lipinski definition) is 4. The highest BCUT2D eigenvalue weighted by Crippen LogP contribution is 2.23. The first kappa shape index (κ1) is 22.5. The van der Waals surface area contributed by atoms with Gasteiger partial charge in [-0.1, -0.05) is 30.3 Å². The molecule has 8 heteroatoms. The number of aryl methyl sites for hydroxylation is 2. The molecule has 1 aromatic carbocycles. The van der Waals surface area contributed by atoms with Crippen molar-refractivity contribution in [2.45, 2.75) is 26.7 Å². The summed E-state index contributed by atoms with van der Waals surface area (Å²) in [6.45, 7) is 5.50. The summed E-state index contributed by atoms with van der Waals surface area (Å²) in [5.41, 5.74) is 3.06. The monoisotopic (exact) mass is 447 g/mol. The zero-order valence-electron chi connectivity index (χ0n) is 19.3. The van der Waals surface area contributed by atoms with Gasteiger partial charge in [0.1, 0.15) is 11.5 Å². The Balaban J connectivity index is 1.52. The van der Waals surface area contributed by atoms with Crippen LogP contribution in [0.25, 0.3) is 5.65 Å². The van der Waals surface area contributed by atoms with Gasteiger partial charge < -0.3 is 9.80 Å². The Morgan fingerprint density at radius 2 is 1.64 bits per heavy atom. The lowest BCUT2D eigenvalue weighted by atomic mass is 10.1. The van der Waals surface area contributed by atoms with E-state index in [1.807, 2.05) is 41.7 Å². The summed E-state index contributed by atoms with van der Waals surface area (Å²) in [6, 6.07) is 13.5. The zero-order valence-corrected chi connectivity index (χ0v) is 19.3. The number of fused-ring (bicyclic) bond motifs is 1. The molecule has 1 fully saturated rings. The minimum absolute atomic E-state index is 0.0131. The minimum Gasteiger partial charge on any atom is -0.339 e. The van der Waals surface area contributed by atoms with Gasteiger partial charge in [-0.25, -0.2) is 4.98 Å². The van der Waals surface area contributed by atoms with Crippen molar-refractivity contribution in [1.29, 1.82) is 0 Å². The molecule has 0 N–H and O–H groups in total. The molecular formula is C25H29N5O3. The molecule has 0 aliphatic carbocycles. The Hall–Kier alpha value is -3.68. The quantitative estimate of drug-likeness (QED) is 0.602. The molecule has 3 heterocycles. The molecule has 3 aromatic rings. The van der Waals surface area contributed by atoms with E-state index in [1.165, 1.54) is 0 Å². The van der Waals surface area contributed by atoms with E-state index in [0.29, 0.717) is 56.0 Å². The van der Waals surface area contributed by atoms with Crippen LogP contribution in [-0.2, 0) is 16.0 Å². The van der Waals surface area contributed by atoms with Gasteiger partial charge in [0.15, 0.2) is 0 Å². The molecule has 1 aliphatic heterocycles. The van der Waals surface area contributed by atoms with Crippen LogP contribution in [0.15, 0.2) is 48.7 Å². The number of nitrogens with zero attached hydrogens (tertiary/aromatic N) is 5. The second-order valence-electron chi connectivity index (χ2n) is 8.40. The van der Waals surface area contributed by atoms with E-state index in [2.05, 4.69) is 4.98 Å². The van der Waals surface area contributed by atoms with Gasteiger partial charge in [-0.3, -0.25) is 23.7 Å². The van der Waals surface area contributed by atoms with Crippen LogP contribution in [-0.4, -0.2) is 70.1 Å². The standard InChI is InChI=1S/C25H29N5O3/c1-18-24(27(3)23(32)12-9-20-7-5-4-6-8-20)30-17-21(10-11-22(30)26-18)25(33)29-15-13-28(14-16-29)19(2)31/h4-8,10-11,17H,9,12-16H2,1-3H3. The molecule has 0 bridgehead atoms. The van der Waals surface area contributed by atoms with Crippen molar-refractivity contribution in [1.82, 2.24) is 19.2 Å². The lowest BCUT2D eigenvalue weighted by Gasteiger charge is -2.34. The first-order valence-corrected chi connectivity index (χ1v) is 11.2. The van der Waals surface area contributed by atoms with Gasteiger partial charge in [0, 0.05) is 52.8 Å². The summed E-state index contributed by atoms with van der Waals surface area (Å²) < 4.78 is 1.81. The van der Waals surface area contributed by atoms with Crippen LogP contribution in [0.1, 0.15) is 35.0 Å². The number of pyridine rings is 1. The maximum Gasteiger partial charge on any atom is 0.255 e. The molecule has 2 aromatic heterocycles. The summed E-state index contributed by atoms with van der Waals surface area (Å²) >= 11 is 0. The number of anilines is 1. The molecule has 172 valence electrons. The second-order valence-corrected chi connectivity index (χ2v) is 8.40. The number of imidazole rings is 1. The van der Waals surface area contributed by atoms with E-state index >= 15 is 0 Å². The molecule has 0 spiro atoms. The number of carbonyl (C=O) groups is 3. The van der Waals surface area contributed by atoms with Gasteiger partial charge in [0.2, 0.25) is 11.8 Å². The average Bonchev–Trinajstić information content (AvgIpc) is 3.17. The van der Waals surface area contributed by atoms with E-state index in [9.17, 15) is 14.4 Å². The van der Waals surface area contributed by atoms with Crippen molar-refractivity contribution in [3.63, 3.8) is 0 Å². The fraction of sp³-hybridized carbons (Fsp3) is 0.360. The fourth-order valence-electron chi connectivity index (χ4n) is 4.27. The number of carbonyl (C=O) groups excluding carboxylic acids is 3. The van der Waals surface area contributed by atoms with Gasteiger partial charge in [-0.05, 0) is 31.0 Å². The number of benzene rings is 1. The summed E-state index contributed by atoms with van der Waals surface area (Å²) in [6.07, 6.45) is 2.80. The number of aromatic nitrogens is 2. The van der Waals surface area contributed by atoms with Crippen molar-refractivity contribution in [3.8, 4) is 0 Å². The van der Waals surface area contributed by atoms with Crippen LogP contribution in [0.3, 0.4) is 0 Å². The highest BCUT2D eigenvalue weighted by atomic mass is 16.2. The third-order valence-corrected chi connectivity index (χ3v) is 6.18. The van der Waals surface area contributed by atoms with Gasteiger partial charge >= 0.3 is 0 Å². The topological polar surface area (TPSA) is 78.2 Å². The Bertz CT molecular complexity index is 1180. The SMILES string of the molecule is CC(=O)N1CCN(C(=O)c2ccc3nc(C)c(N(C)C(=O)CCc4ccccc4)n3c2)CC1. The first-order valence-electron chi connectivity index (χ1n) is 11.2. The van der Waals surface area contributed by atoms with Crippen LogP contribution >= 0.6 is 0 Å². The Morgan fingerprint density at radius 3 is 2.30 bits per heavy atom. The number of piperazine rings is 1. The summed E-state index contributed by atoms with van der Waals surface area (Å²) in [7, 11) is 1.75. The summed E-state index contributed by atoms with van der Waals surface area (Å²) in [4.78, 5) is 47.3.